The molecule has 0 N–H and O–H groups in total. The third-order valence-electron chi connectivity index (χ3n) is 12.0. The summed E-state index contributed by atoms with van der Waals surface area (Å²) in [5.41, 5.74) is 9.78. The molecule has 0 spiro atoms. The fourth-order valence-corrected chi connectivity index (χ4v) is 9.19. The van der Waals surface area contributed by atoms with E-state index in [9.17, 15) is 0 Å². The lowest BCUT2D eigenvalue weighted by atomic mass is 9.81. The van der Waals surface area contributed by atoms with Gasteiger partial charge in [-0.05, 0) is 113 Å². The number of rotatable bonds is 3. The molecule has 2 aromatic heterocycles. The van der Waals surface area contributed by atoms with E-state index in [1.807, 2.05) is 18.3 Å². The monoisotopic (exact) mass is 727 g/mol. The Kier molecular flexibility index (Phi) is 7.52. The number of fused-ring (bicyclic) bond motifs is 13. The molecule has 0 atom stereocenters. The van der Waals surface area contributed by atoms with Crippen LogP contribution in [0.2, 0.25) is 0 Å². The van der Waals surface area contributed by atoms with Gasteiger partial charge in [-0.3, -0.25) is 4.98 Å². The van der Waals surface area contributed by atoms with Crippen molar-refractivity contribution in [2.75, 3.05) is 0 Å². The molecule has 8 aromatic carbocycles. The Hall–Kier alpha value is -7.23. The fraction of sp³-hybridized carbons (Fsp3) is 0.0556. The molecule has 0 bridgehead atoms. The smallest absolute Gasteiger partial charge is 0.160 e. The first-order valence-electron chi connectivity index (χ1n) is 19.6. The van der Waals surface area contributed by atoms with Crippen molar-refractivity contribution in [2.24, 2.45) is 0 Å². The van der Waals surface area contributed by atoms with Crippen LogP contribution in [0.15, 0.2) is 188 Å². The molecule has 2 heterocycles. The predicted octanol–water partition coefficient (Wildman–Crippen LogP) is 14.1. The zero-order chi connectivity index (χ0) is 38.1. The van der Waals surface area contributed by atoms with Gasteiger partial charge in [0.25, 0.3) is 0 Å². The van der Waals surface area contributed by atoms with Crippen LogP contribution in [0.25, 0.3) is 98.9 Å². The topological polar surface area (TPSA) is 38.7 Å². The molecule has 0 aliphatic heterocycles. The van der Waals surface area contributed by atoms with E-state index in [1.165, 1.54) is 70.7 Å². The lowest BCUT2D eigenvalue weighted by Crippen LogP contribution is -2.14. The molecule has 1 aliphatic carbocycles. The zero-order valence-corrected chi connectivity index (χ0v) is 31.7. The highest BCUT2D eigenvalue weighted by atomic mass is 14.9. The SMILES string of the molecule is CC1(C)c2ccccc2-c2cc3c4cc(-c5nc(-c6ccccc6)cc(-c6cccnc6)n5)ccc4c4ccccc4c4ccccc4c4ccccc4c3cc21. The van der Waals surface area contributed by atoms with Gasteiger partial charge in [-0.2, -0.15) is 0 Å². The van der Waals surface area contributed by atoms with Gasteiger partial charge < -0.3 is 0 Å². The van der Waals surface area contributed by atoms with E-state index in [1.54, 1.807) is 6.20 Å². The highest BCUT2D eigenvalue weighted by molar-refractivity contribution is 6.27. The molecular formula is C54H37N3. The van der Waals surface area contributed by atoms with Crippen molar-refractivity contribution in [3.8, 4) is 45.0 Å². The van der Waals surface area contributed by atoms with Gasteiger partial charge in [-0.25, -0.2) is 9.97 Å². The third-order valence-corrected chi connectivity index (χ3v) is 12.0. The van der Waals surface area contributed by atoms with Crippen LogP contribution in [0.5, 0.6) is 0 Å². The van der Waals surface area contributed by atoms with Crippen LogP contribution in [0.4, 0.5) is 0 Å². The highest BCUT2D eigenvalue weighted by Gasteiger charge is 2.35. The van der Waals surface area contributed by atoms with Crippen LogP contribution in [0, 0.1) is 0 Å². The molecule has 10 aromatic rings. The van der Waals surface area contributed by atoms with Crippen molar-refractivity contribution in [1.29, 1.82) is 0 Å². The van der Waals surface area contributed by atoms with Crippen LogP contribution in [-0.2, 0) is 5.41 Å². The maximum Gasteiger partial charge on any atom is 0.160 e. The van der Waals surface area contributed by atoms with Gasteiger partial charge in [-0.1, -0.05) is 153 Å². The molecule has 268 valence electrons. The molecule has 3 nitrogen and oxygen atoms in total. The van der Waals surface area contributed by atoms with E-state index >= 15 is 0 Å². The minimum Gasteiger partial charge on any atom is -0.264 e. The van der Waals surface area contributed by atoms with Crippen LogP contribution >= 0.6 is 0 Å². The number of hydrogen-bond acceptors (Lipinski definition) is 3. The molecule has 1 aliphatic rings. The van der Waals surface area contributed by atoms with Gasteiger partial charge in [0, 0.05) is 34.5 Å². The number of nitrogens with zero attached hydrogens (tertiary/aromatic N) is 3. The molecule has 57 heavy (non-hydrogen) atoms. The van der Waals surface area contributed by atoms with Crippen molar-refractivity contribution in [3.63, 3.8) is 0 Å². The van der Waals surface area contributed by atoms with E-state index in [0.717, 1.165) is 33.5 Å². The average molecular weight is 728 g/mol. The minimum atomic E-state index is -0.158. The summed E-state index contributed by atoms with van der Waals surface area (Å²) in [5, 5.41) is 12.0. The van der Waals surface area contributed by atoms with Crippen LogP contribution in [0.1, 0.15) is 25.0 Å². The van der Waals surface area contributed by atoms with Crippen molar-refractivity contribution in [3.05, 3.63) is 199 Å². The van der Waals surface area contributed by atoms with Crippen molar-refractivity contribution < 1.29 is 0 Å². The summed E-state index contributed by atoms with van der Waals surface area (Å²) in [5.74, 6) is 0.670. The lowest BCUT2D eigenvalue weighted by Gasteiger charge is -2.22. The van der Waals surface area contributed by atoms with Gasteiger partial charge >= 0.3 is 0 Å². The van der Waals surface area contributed by atoms with E-state index in [4.69, 9.17) is 9.97 Å². The lowest BCUT2D eigenvalue weighted by molar-refractivity contribution is 0.661. The second-order valence-corrected chi connectivity index (χ2v) is 15.6. The van der Waals surface area contributed by atoms with Gasteiger partial charge in [0.2, 0.25) is 0 Å². The number of benzene rings is 7. The first kappa shape index (κ1) is 33.1. The van der Waals surface area contributed by atoms with Crippen LogP contribution in [-0.4, -0.2) is 15.0 Å². The molecule has 0 amide bonds. The zero-order valence-electron chi connectivity index (χ0n) is 31.7. The molecule has 11 rings (SSSR count). The maximum absolute atomic E-state index is 5.26. The third kappa shape index (κ3) is 5.31. The average Bonchev–Trinajstić information content (AvgIpc) is 3.51. The molecule has 0 saturated carbocycles. The largest absolute Gasteiger partial charge is 0.264 e. The molecule has 0 saturated heterocycles. The Morgan fingerprint density at radius 1 is 0.351 bits per heavy atom. The summed E-state index contributed by atoms with van der Waals surface area (Å²) in [4.78, 5) is 14.9. The van der Waals surface area contributed by atoms with Crippen molar-refractivity contribution >= 4 is 53.9 Å². The van der Waals surface area contributed by atoms with Crippen LogP contribution in [0.3, 0.4) is 0 Å². The molecular weight excluding hydrogens is 691 g/mol. The number of aromatic nitrogens is 3. The summed E-state index contributed by atoms with van der Waals surface area (Å²) in [7, 11) is 0. The van der Waals surface area contributed by atoms with Gasteiger partial charge in [-0.15, -0.1) is 0 Å². The normalized spacial score (nSPS) is 12.9. The molecule has 0 radical (unpaired) electrons. The maximum atomic E-state index is 5.26. The fourth-order valence-electron chi connectivity index (χ4n) is 9.19. The van der Waals surface area contributed by atoms with Gasteiger partial charge in [0.15, 0.2) is 5.82 Å². The summed E-state index contributed by atoms with van der Waals surface area (Å²) in [6, 6.07) is 63.8. The Labute approximate surface area is 331 Å². The highest BCUT2D eigenvalue weighted by Crippen LogP contribution is 2.51. The first-order chi connectivity index (χ1) is 28.0. The second kappa shape index (κ2) is 12.9. The second-order valence-electron chi connectivity index (χ2n) is 15.6. The Bertz CT molecular complexity index is 3250. The van der Waals surface area contributed by atoms with E-state index in [2.05, 4.69) is 183 Å². The van der Waals surface area contributed by atoms with E-state index in [-0.39, 0.29) is 5.41 Å². The summed E-state index contributed by atoms with van der Waals surface area (Å²) in [6.45, 7) is 4.73. The Morgan fingerprint density at radius 3 is 1.49 bits per heavy atom. The molecule has 0 fully saturated rings. The standard InChI is InChI=1S/C54H37N3/c1-54(2)49-25-13-12-24-44(49)48-30-46-45-29-35(53-56-51(34-15-4-3-5-16-34)32-52(57-53)36-17-14-28-55-33-36)26-27-43(45)41-22-9-8-20-39(41)37-18-6-7-19-38(37)40-21-10-11-23-42(40)47(46)31-50(48)54/h3-33H,1-2H3. The first-order valence-corrected chi connectivity index (χ1v) is 19.6. The summed E-state index contributed by atoms with van der Waals surface area (Å²) < 4.78 is 0. The number of hydrogen-bond donors (Lipinski definition) is 0. The summed E-state index contributed by atoms with van der Waals surface area (Å²) in [6.07, 6.45) is 3.67. The van der Waals surface area contributed by atoms with Crippen molar-refractivity contribution in [1.82, 2.24) is 15.0 Å². The van der Waals surface area contributed by atoms with E-state index < -0.39 is 0 Å². The Balaban J connectivity index is 1.35. The van der Waals surface area contributed by atoms with Gasteiger partial charge in [0.05, 0.1) is 11.4 Å². The van der Waals surface area contributed by atoms with Crippen molar-refractivity contribution in [2.45, 2.75) is 19.3 Å². The Morgan fingerprint density at radius 2 is 0.860 bits per heavy atom. The summed E-state index contributed by atoms with van der Waals surface area (Å²) >= 11 is 0. The van der Waals surface area contributed by atoms with Crippen LogP contribution < -0.4 is 0 Å². The predicted molar refractivity (Wildman–Crippen MR) is 239 cm³/mol. The molecule has 0 unspecified atom stereocenters. The van der Waals surface area contributed by atoms with Gasteiger partial charge in [0.1, 0.15) is 0 Å². The van der Waals surface area contributed by atoms with E-state index in [0.29, 0.717) is 5.82 Å². The minimum absolute atomic E-state index is 0.158. The number of pyridine rings is 1. The molecule has 3 heteroatoms. The quantitative estimate of drug-likeness (QED) is 0.182.